The summed E-state index contributed by atoms with van der Waals surface area (Å²) in [6.45, 7) is 4.60. The van der Waals surface area contributed by atoms with E-state index in [1.165, 1.54) is 57.8 Å². The van der Waals surface area contributed by atoms with E-state index in [-0.39, 0.29) is 25.7 Å². The Kier molecular flexibility index (Phi) is 73.3. The fraction of sp³-hybridized carbons (Fsp3) is 0.718. The number of hydrogen-bond acceptors (Lipinski definition) is 15. The lowest BCUT2D eigenvalue weighted by Crippen LogP contribution is -2.30. The van der Waals surface area contributed by atoms with E-state index in [0.717, 1.165) is 199 Å². The molecule has 3 N–H and O–H groups in total. The summed E-state index contributed by atoms with van der Waals surface area (Å²) < 4.78 is 68.6. The van der Waals surface area contributed by atoms with Crippen LogP contribution in [0.5, 0.6) is 0 Å². The Balaban J connectivity index is 5.34. The van der Waals surface area contributed by atoms with Crippen molar-refractivity contribution < 1.29 is 80.2 Å². The number of carbonyl (C=O) groups excluding carboxylic acids is 4. The minimum absolute atomic E-state index is 0.0743. The smallest absolute Gasteiger partial charge is 0.462 e. The number of unbranched alkanes of at least 4 members (excludes halogenated alkanes) is 30. The number of esters is 4. The first-order chi connectivity index (χ1) is 50.7. The number of aliphatic hydroxyl groups excluding tert-OH is 1. The van der Waals surface area contributed by atoms with Gasteiger partial charge in [-0.1, -0.05) is 297 Å². The predicted molar refractivity (Wildman–Crippen MR) is 427 cm³/mol. The van der Waals surface area contributed by atoms with Gasteiger partial charge in [0.25, 0.3) is 0 Å². The van der Waals surface area contributed by atoms with Gasteiger partial charge in [0.15, 0.2) is 12.2 Å². The molecule has 0 spiro atoms. The van der Waals surface area contributed by atoms with Gasteiger partial charge in [0.2, 0.25) is 0 Å². The Bertz CT molecular complexity index is 2440. The zero-order chi connectivity index (χ0) is 76.0. The van der Waals surface area contributed by atoms with Gasteiger partial charge < -0.3 is 33.8 Å². The first kappa shape index (κ1) is 99.5. The molecule has 598 valence electrons. The summed E-state index contributed by atoms with van der Waals surface area (Å²) in [4.78, 5) is 73.0. The predicted octanol–water partition coefficient (Wildman–Crippen LogP) is 23.9. The second-order valence-electron chi connectivity index (χ2n) is 27.0. The Morgan fingerprint density at radius 1 is 0.279 bits per heavy atom. The van der Waals surface area contributed by atoms with E-state index >= 15 is 0 Å². The molecule has 0 aliphatic heterocycles. The summed E-state index contributed by atoms with van der Waals surface area (Å²) in [5.41, 5.74) is 0. The average Bonchev–Trinajstić information content (AvgIpc) is 0.929. The molecule has 0 amide bonds. The van der Waals surface area contributed by atoms with E-state index < -0.39 is 97.5 Å². The monoisotopic (exact) mass is 1500 g/mol. The van der Waals surface area contributed by atoms with E-state index in [9.17, 15) is 43.2 Å². The highest BCUT2D eigenvalue weighted by molar-refractivity contribution is 7.47. The van der Waals surface area contributed by atoms with Crippen molar-refractivity contribution in [2.24, 2.45) is 0 Å². The van der Waals surface area contributed by atoms with Crippen molar-refractivity contribution in [1.29, 1.82) is 0 Å². The zero-order valence-electron chi connectivity index (χ0n) is 65.4. The van der Waals surface area contributed by atoms with Gasteiger partial charge in [0.1, 0.15) is 19.3 Å². The quantitative estimate of drug-likeness (QED) is 0.0169. The Morgan fingerprint density at radius 3 is 0.788 bits per heavy atom. The minimum Gasteiger partial charge on any atom is -0.462 e. The summed E-state index contributed by atoms with van der Waals surface area (Å²) in [5.74, 6) is -2.21. The maximum atomic E-state index is 13.1. The summed E-state index contributed by atoms with van der Waals surface area (Å²) in [6, 6.07) is 0. The van der Waals surface area contributed by atoms with Crippen molar-refractivity contribution in [3.05, 3.63) is 122 Å². The van der Waals surface area contributed by atoms with Gasteiger partial charge >= 0.3 is 39.5 Å². The van der Waals surface area contributed by atoms with Gasteiger partial charge in [-0.25, -0.2) is 9.13 Å². The molecule has 0 radical (unpaired) electrons. The lowest BCUT2D eigenvalue weighted by Gasteiger charge is -2.21. The molecular formula is C85H146O17P2. The van der Waals surface area contributed by atoms with Crippen molar-refractivity contribution in [3.63, 3.8) is 0 Å². The molecule has 0 saturated carbocycles. The standard InChI is InChI=1S/C85H146O17P2/c1-5-9-13-17-21-25-29-32-35-37-39-41-44-46-50-53-57-61-65-69-82(87)95-75-80(101-84(89)71-67-63-59-55-49-28-24-20-16-12-8-4)77-99-103(91,92)97-73-79(86)74-98-104(93,94)100-78-81(102-85(90)72-68-64-60-56-52-48-43-34-31-27-23-19-15-11-7-3)76-96-83(88)70-66-62-58-54-51-47-45-42-40-38-36-33-30-26-22-18-14-10-6-2/h9-10,13-14,21-23,25-27,32-36,39-43,79-81,86H,5-8,11-12,15-20,24,28-31,37-38,44-78H2,1-4H3,(H,91,92)(H,93,94)/b13-9-,14-10-,25-21-,26-22-,27-23-,35-32-,36-33-,41-39-,42-40-,43-34-. The van der Waals surface area contributed by atoms with Crippen LogP contribution >= 0.6 is 15.6 Å². The lowest BCUT2D eigenvalue weighted by molar-refractivity contribution is -0.161. The molecule has 0 aromatic carbocycles. The molecule has 0 rings (SSSR count). The molecule has 17 nitrogen and oxygen atoms in total. The number of phosphoric acid groups is 2. The van der Waals surface area contributed by atoms with Gasteiger partial charge in [-0.3, -0.25) is 37.3 Å². The Labute approximate surface area is 632 Å². The van der Waals surface area contributed by atoms with Crippen molar-refractivity contribution in [2.75, 3.05) is 39.6 Å². The van der Waals surface area contributed by atoms with E-state index in [4.69, 9.17) is 37.0 Å². The van der Waals surface area contributed by atoms with Crippen LogP contribution in [0, 0.1) is 0 Å². The third-order valence-electron chi connectivity index (χ3n) is 16.9. The maximum absolute atomic E-state index is 13.1. The van der Waals surface area contributed by atoms with Gasteiger partial charge in [-0.05, 0) is 135 Å². The van der Waals surface area contributed by atoms with Crippen LogP contribution < -0.4 is 0 Å². The van der Waals surface area contributed by atoms with Crippen LogP contribution in [-0.2, 0) is 65.4 Å². The highest BCUT2D eigenvalue weighted by atomic mass is 31.2. The minimum atomic E-state index is -4.99. The number of rotatable bonds is 76. The van der Waals surface area contributed by atoms with Gasteiger partial charge in [0.05, 0.1) is 26.4 Å². The number of phosphoric ester groups is 2. The second-order valence-corrected chi connectivity index (χ2v) is 29.9. The van der Waals surface area contributed by atoms with E-state index in [2.05, 4.69) is 149 Å². The zero-order valence-corrected chi connectivity index (χ0v) is 67.2. The molecule has 5 unspecified atom stereocenters. The molecule has 0 bridgehead atoms. The Morgan fingerprint density at radius 2 is 0.500 bits per heavy atom. The van der Waals surface area contributed by atoms with Gasteiger partial charge in [0, 0.05) is 25.7 Å². The molecule has 0 saturated heterocycles. The number of aliphatic hydroxyl groups is 1. The van der Waals surface area contributed by atoms with Crippen LogP contribution in [0.15, 0.2) is 122 Å². The number of carbonyl (C=O) groups is 4. The third-order valence-corrected chi connectivity index (χ3v) is 18.8. The van der Waals surface area contributed by atoms with Crippen molar-refractivity contribution in [3.8, 4) is 0 Å². The number of allylic oxidation sites excluding steroid dienone is 20. The first-order valence-corrected chi connectivity index (χ1v) is 43.8. The Hall–Kier alpha value is -4.54. The molecule has 5 atom stereocenters. The topological polar surface area (TPSA) is 237 Å². The molecule has 19 heteroatoms. The van der Waals surface area contributed by atoms with Crippen LogP contribution in [0.3, 0.4) is 0 Å². The molecular weight excluding hydrogens is 1350 g/mol. The second kappa shape index (κ2) is 76.6. The summed E-state index contributed by atoms with van der Waals surface area (Å²) in [5, 5.41) is 10.6. The van der Waals surface area contributed by atoms with Crippen LogP contribution in [-0.4, -0.2) is 96.7 Å². The van der Waals surface area contributed by atoms with Crippen LogP contribution in [0.25, 0.3) is 0 Å². The van der Waals surface area contributed by atoms with E-state index in [0.29, 0.717) is 25.7 Å². The molecule has 0 aliphatic carbocycles. The van der Waals surface area contributed by atoms with Gasteiger partial charge in [-0.2, -0.15) is 0 Å². The molecule has 0 heterocycles. The maximum Gasteiger partial charge on any atom is 0.472 e. The largest absolute Gasteiger partial charge is 0.472 e. The highest BCUT2D eigenvalue weighted by Crippen LogP contribution is 2.45. The van der Waals surface area contributed by atoms with Crippen LogP contribution in [0.4, 0.5) is 0 Å². The fourth-order valence-electron chi connectivity index (χ4n) is 10.8. The van der Waals surface area contributed by atoms with Crippen LogP contribution in [0.1, 0.15) is 336 Å². The first-order valence-electron chi connectivity index (χ1n) is 40.8. The molecule has 0 aromatic rings. The number of ether oxygens (including phenoxy) is 4. The van der Waals surface area contributed by atoms with Crippen molar-refractivity contribution in [2.45, 2.75) is 354 Å². The molecule has 0 aromatic heterocycles. The summed E-state index contributed by atoms with van der Waals surface area (Å²) >= 11 is 0. The normalized spacial score (nSPS) is 14.5. The summed E-state index contributed by atoms with van der Waals surface area (Å²) in [7, 11) is -9.97. The van der Waals surface area contributed by atoms with E-state index in [1.54, 1.807) is 0 Å². The van der Waals surface area contributed by atoms with E-state index in [1.807, 2.05) is 0 Å². The summed E-state index contributed by atoms with van der Waals surface area (Å²) in [6.07, 6.45) is 84.5. The SMILES string of the molecule is CC/C=C\C/C=C\C/C=C\C/C=C\CCCCCCCCC(=O)OCC(COP(=O)(O)OCC(O)COP(=O)(O)OCC(COC(=O)CCCCCCCC/C=C\C/C=C\C/C=C\C/C=C\CC)OC(=O)CCCCCCCCCCCCC)OC(=O)CCCCCCC/C=C\C/C=C\CCCCC. The van der Waals surface area contributed by atoms with Gasteiger partial charge in [-0.15, -0.1) is 0 Å². The number of hydrogen-bond donors (Lipinski definition) is 3. The average molecular weight is 1500 g/mol. The molecule has 0 aliphatic rings. The van der Waals surface area contributed by atoms with Crippen LogP contribution in [0.2, 0.25) is 0 Å². The van der Waals surface area contributed by atoms with Crippen molar-refractivity contribution in [1.82, 2.24) is 0 Å². The molecule has 104 heavy (non-hydrogen) atoms. The fourth-order valence-corrected chi connectivity index (χ4v) is 12.3. The van der Waals surface area contributed by atoms with Crippen molar-refractivity contribution >= 4 is 39.5 Å². The lowest BCUT2D eigenvalue weighted by atomic mass is 10.1. The molecule has 0 fully saturated rings. The highest BCUT2D eigenvalue weighted by Gasteiger charge is 2.30. The third kappa shape index (κ3) is 75.7.